The average molecular weight is 321 g/mol. The Kier molecular flexibility index (Phi) is 3.69. The van der Waals surface area contributed by atoms with Gasteiger partial charge in [0.25, 0.3) is 5.69 Å². The van der Waals surface area contributed by atoms with Crippen molar-refractivity contribution in [2.75, 3.05) is 29.5 Å². The second-order valence-electron chi connectivity index (χ2n) is 5.27. The summed E-state index contributed by atoms with van der Waals surface area (Å²) in [7, 11) is -3.00. The second kappa shape index (κ2) is 5.53. The minimum Gasteiger partial charge on any atom is -0.370 e. The van der Waals surface area contributed by atoms with Crippen LogP contribution in [0.3, 0.4) is 0 Å². The number of hydrogen-bond acceptors (Lipinski definition) is 6. The topological polar surface area (TPSA) is 93.4 Å². The van der Waals surface area contributed by atoms with Crippen LogP contribution >= 0.6 is 0 Å². The molecule has 1 aromatic heterocycles. The molecule has 0 atom stereocenters. The van der Waals surface area contributed by atoms with Crippen molar-refractivity contribution >= 4 is 32.0 Å². The fourth-order valence-corrected chi connectivity index (χ4v) is 4.05. The maximum Gasteiger partial charge on any atom is 0.278 e. The summed E-state index contributed by atoms with van der Waals surface area (Å²) in [4.78, 5) is 16.6. The third-order valence-corrected chi connectivity index (χ3v) is 5.58. The molecule has 1 aliphatic rings. The molecule has 8 heteroatoms. The molecule has 0 unspecified atom stereocenters. The van der Waals surface area contributed by atoms with Crippen molar-refractivity contribution in [3.05, 3.63) is 40.7 Å². The first-order valence-electron chi connectivity index (χ1n) is 6.94. The molecule has 0 saturated carbocycles. The zero-order valence-corrected chi connectivity index (χ0v) is 12.6. The molecule has 0 bridgehead atoms. The molecule has 0 spiro atoms. The number of anilines is 1. The summed E-state index contributed by atoms with van der Waals surface area (Å²) >= 11 is 0. The van der Waals surface area contributed by atoms with E-state index in [2.05, 4.69) is 4.98 Å². The van der Waals surface area contributed by atoms with Gasteiger partial charge in [-0.2, -0.15) is 0 Å². The fourth-order valence-electron chi connectivity index (χ4n) is 2.77. The molecule has 1 fully saturated rings. The van der Waals surface area contributed by atoms with Crippen LogP contribution in [0.25, 0.3) is 10.8 Å². The largest absolute Gasteiger partial charge is 0.370 e. The SMILES string of the molecule is O=[N+]([O-])c1ccc(N2CCCS(=O)(=O)CC2)c2ccncc12. The zero-order chi connectivity index (χ0) is 15.7. The normalized spacial score (nSPS) is 18.1. The van der Waals surface area contributed by atoms with Crippen LogP contribution in [0.5, 0.6) is 0 Å². The highest BCUT2D eigenvalue weighted by Gasteiger charge is 2.22. The molecule has 2 aromatic rings. The van der Waals surface area contributed by atoms with Gasteiger partial charge in [-0.05, 0) is 18.6 Å². The molecule has 2 heterocycles. The average Bonchev–Trinajstić information content (AvgIpc) is 2.67. The maximum absolute atomic E-state index is 11.7. The van der Waals surface area contributed by atoms with Crippen molar-refractivity contribution in [1.82, 2.24) is 4.98 Å². The van der Waals surface area contributed by atoms with Crippen LogP contribution < -0.4 is 4.90 Å². The van der Waals surface area contributed by atoms with Gasteiger partial charge in [0.05, 0.1) is 21.8 Å². The molecule has 0 N–H and O–H groups in total. The first kappa shape index (κ1) is 14.7. The van der Waals surface area contributed by atoms with Crippen LogP contribution in [0.4, 0.5) is 11.4 Å². The van der Waals surface area contributed by atoms with Gasteiger partial charge in [0.2, 0.25) is 0 Å². The molecule has 0 radical (unpaired) electrons. The summed E-state index contributed by atoms with van der Waals surface area (Å²) in [6.07, 6.45) is 3.63. The summed E-state index contributed by atoms with van der Waals surface area (Å²) in [5.41, 5.74) is 0.828. The molecule has 22 heavy (non-hydrogen) atoms. The van der Waals surface area contributed by atoms with Crippen molar-refractivity contribution in [2.45, 2.75) is 6.42 Å². The van der Waals surface area contributed by atoms with Gasteiger partial charge in [-0.1, -0.05) is 0 Å². The van der Waals surface area contributed by atoms with Crippen LogP contribution in [0, 0.1) is 10.1 Å². The van der Waals surface area contributed by atoms with E-state index in [1.807, 2.05) is 4.90 Å². The van der Waals surface area contributed by atoms with Gasteiger partial charge in [0.1, 0.15) is 0 Å². The lowest BCUT2D eigenvalue weighted by molar-refractivity contribution is -0.383. The van der Waals surface area contributed by atoms with Crippen LogP contribution in [0.1, 0.15) is 6.42 Å². The second-order valence-corrected chi connectivity index (χ2v) is 7.58. The van der Waals surface area contributed by atoms with Crippen LogP contribution in [0.15, 0.2) is 30.6 Å². The lowest BCUT2D eigenvalue weighted by Gasteiger charge is -2.23. The number of benzene rings is 1. The summed E-state index contributed by atoms with van der Waals surface area (Å²) in [6, 6.07) is 4.88. The van der Waals surface area contributed by atoms with Gasteiger partial charge >= 0.3 is 0 Å². The summed E-state index contributed by atoms with van der Waals surface area (Å²) < 4.78 is 23.5. The third kappa shape index (κ3) is 2.74. The smallest absolute Gasteiger partial charge is 0.278 e. The minimum absolute atomic E-state index is 0.00861. The van der Waals surface area contributed by atoms with Crippen molar-refractivity contribution in [1.29, 1.82) is 0 Å². The standard InChI is InChI=1S/C14H15N3O4S/c18-17(19)14-3-2-13(11-4-5-15-10-12(11)14)16-6-1-8-22(20,21)9-7-16/h2-5,10H,1,6-9H2. The van der Waals surface area contributed by atoms with Crippen molar-refractivity contribution < 1.29 is 13.3 Å². The molecule has 3 rings (SSSR count). The molecular weight excluding hydrogens is 306 g/mol. The van der Waals surface area contributed by atoms with Crippen molar-refractivity contribution in [3.8, 4) is 0 Å². The monoisotopic (exact) mass is 321 g/mol. The third-order valence-electron chi connectivity index (χ3n) is 3.87. The summed E-state index contributed by atoms with van der Waals surface area (Å²) in [5.74, 6) is 0.298. The first-order chi connectivity index (χ1) is 10.5. The summed E-state index contributed by atoms with van der Waals surface area (Å²) in [5, 5.41) is 12.3. The number of pyridine rings is 1. The van der Waals surface area contributed by atoms with Gasteiger partial charge in [-0.25, -0.2) is 8.42 Å². The van der Waals surface area contributed by atoms with E-state index in [9.17, 15) is 18.5 Å². The van der Waals surface area contributed by atoms with Crippen molar-refractivity contribution in [3.63, 3.8) is 0 Å². The van der Waals surface area contributed by atoms with E-state index < -0.39 is 14.8 Å². The number of non-ortho nitro benzene ring substituents is 1. The number of hydrogen-bond donors (Lipinski definition) is 0. The molecule has 1 saturated heterocycles. The Labute approximate surface area is 127 Å². The van der Waals surface area contributed by atoms with Gasteiger partial charge in [0.15, 0.2) is 9.84 Å². The Balaban J connectivity index is 2.08. The van der Waals surface area contributed by atoms with E-state index in [0.29, 0.717) is 24.9 Å². The van der Waals surface area contributed by atoms with Crippen LogP contribution in [-0.4, -0.2) is 42.9 Å². The maximum atomic E-state index is 11.7. The van der Waals surface area contributed by atoms with E-state index in [4.69, 9.17) is 0 Å². The lowest BCUT2D eigenvalue weighted by atomic mass is 10.1. The van der Waals surface area contributed by atoms with Gasteiger partial charge < -0.3 is 4.90 Å². The minimum atomic E-state index is -3.00. The van der Waals surface area contributed by atoms with Gasteiger partial charge in [0, 0.05) is 42.6 Å². The first-order valence-corrected chi connectivity index (χ1v) is 8.76. The van der Waals surface area contributed by atoms with E-state index in [1.54, 1.807) is 18.3 Å². The van der Waals surface area contributed by atoms with Gasteiger partial charge in [-0.3, -0.25) is 15.1 Å². The Morgan fingerprint density at radius 2 is 1.95 bits per heavy atom. The number of nitro groups is 1. The number of nitrogens with zero attached hydrogens (tertiary/aromatic N) is 3. The lowest BCUT2D eigenvalue weighted by Crippen LogP contribution is -2.26. The van der Waals surface area contributed by atoms with Crippen LogP contribution in [-0.2, 0) is 9.84 Å². The number of rotatable bonds is 2. The Hall–Kier alpha value is -2.22. The highest BCUT2D eigenvalue weighted by molar-refractivity contribution is 7.91. The Morgan fingerprint density at radius 3 is 2.73 bits per heavy atom. The predicted octanol–water partition coefficient (Wildman–Crippen LogP) is 1.77. The van der Waals surface area contributed by atoms with Crippen molar-refractivity contribution in [2.24, 2.45) is 0 Å². The van der Waals surface area contributed by atoms with E-state index >= 15 is 0 Å². The zero-order valence-electron chi connectivity index (χ0n) is 11.8. The Bertz CT molecular complexity index is 835. The highest BCUT2D eigenvalue weighted by Crippen LogP contribution is 2.33. The van der Waals surface area contributed by atoms with E-state index in [1.165, 1.54) is 12.3 Å². The number of fused-ring (bicyclic) bond motifs is 1. The molecular formula is C14H15N3O4S. The number of aromatic nitrogens is 1. The molecule has 7 nitrogen and oxygen atoms in total. The molecule has 0 aliphatic carbocycles. The van der Waals surface area contributed by atoms with E-state index in [-0.39, 0.29) is 17.2 Å². The quantitative estimate of drug-likeness (QED) is 0.618. The van der Waals surface area contributed by atoms with Gasteiger partial charge in [-0.15, -0.1) is 0 Å². The Morgan fingerprint density at radius 1 is 1.14 bits per heavy atom. The molecule has 116 valence electrons. The molecule has 1 aliphatic heterocycles. The molecule has 0 amide bonds. The van der Waals surface area contributed by atoms with E-state index in [0.717, 1.165) is 11.1 Å². The predicted molar refractivity (Wildman–Crippen MR) is 83.9 cm³/mol. The van der Waals surface area contributed by atoms with Crippen LogP contribution in [0.2, 0.25) is 0 Å². The fraction of sp³-hybridized carbons (Fsp3) is 0.357. The number of nitro benzene ring substituents is 1. The highest BCUT2D eigenvalue weighted by atomic mass is 32.2. The summed E-state index contributed by atoms with van der Waals surface area (Å²) in [6.45, 7) is 1.02. The molecule has 1 aromatic carbocycles. The number of sulfone groups is 1.